The predicted molar refractivity (Wildman–Crippen MR) is 80.2 cm³/mol. The molecule has 3 nitrogen and oxygen atoms in total. The van der Waals surface area contributed by atoms with E-state index in [4.69, 9.17) is 0 Å². The molecule has 1 rings (SSSR count). The zero-order valence-corrected chi connectivity index (χ0v) is 12.2. The lowest BCUT2D eigenvalue weighted by Gasteiger charge is -2.13. The molecule has 0 aliphatic rings. The molecule has 0 fully saturated rings. The lowest BCUT2D eigenvalue weighted by atomic mass is 10.2. The fourth-order valence-corrected chi connectivity index (χ4v) is 1.71. The first-order valence-corrected chi connectivity index (χ1v) is 6.77. The number of nitrogens with one attached hydrogen (secondary N) is 2. The molecule has 0 atom stereocenters. The molecule has 0 bridgehead atoms. The number of nitrogens with zero attached hydrogens (tertiary/aromatic N) is 1. The van der Waals surface area contributed by atoms with Crippen LogP contribution < -0.4 is 15.5 Å². The SMILES string of the molecule is CC(C)CNCCNCc1ccc(N(C)C)cc1. The van der Waals surface area contributed by atoms with Crippen molar-refractivity contribution in [2.24, 2.45) is 5.92 Å². The van der Waals surface area contributed by atoms with E-state index in [0.717, 1.165) is 32.1 Å². The van der Waals surface area contributed by atoms with Crippen LogP contribution in [0.2, 0.25) is 0 Å². The molecular weight excluding hydrogens is 222 g/mol. The van der Waals surface area contributed by atoms with Gasteiger partial charge < -0.3 is 15.5 Å². The van der Waals surface area contributed by atoms with Gasteiger partial charge in [-0.15, -0.1) is 0 Å². The fourth-order valence-electron chi connectivity index (χ4n) is 1.71. The minimum atomic E-state index is 0.726. The molecule has 0 saturated carbocycles. The standard InChI is InChI=1S/C15H27N3/c1-13(2)11-16-9-10-17-12-14-5-7-15(8-6-14)18(3)4/h5-8,13,16-17H,9-12H2,1-4H3. The highest BCUT2D eigenvalue weighted by molar-refractivity contribution is 5.45. The molecule has 18 heavy (non-hydrogen) atoms. The molecule has 3 heteroatoms. The molecule has 0 aliphatic carbocycles. The average molecular weight is 249 g/mol. The summed E-state index contributed by atoms with van der Waals surface area (Å²) < 4.78 is 0. The molecule has 0 spiro atoms. The first-order valence-electron chi connectivity index (χ1n) is 6.77. The minimum Gasteiger partial charge on any atom is -0.378 e. The van der Waals surface area contributed by atoms with Crippen molar-refractivity contribution >= 4 is 5.69 Å². The van der Waals surface area contributed by atoms with Crippen molar-refractivity contribution in [2.45, 2.75) is 20.4 Å². The Hall–Kier alpha value is -1.06. The summed E-state index contributed by atoms with van der Waals surface area (Å²) in [5, 5.41) is 6.87. The number of anilines is 1. The topological polar surface area (TPSA) is 27.3 Å². The van der Waals surface area contributed by atoms with Gasteiger partial charge in [0, 0.05) is 39.4 Å². The van der Waals surface area contributed by atoms with Gasteiger partial charge in [0.15, 0.2) is 0 Å². The Labute approximate surface area is 112 Å². The molecule has 2 N–H and O–H groups in total. The molecule has 0 aliphatic heterocycles. The quantitative estimate of drug-likeness (QED) is 0.691. The largest absolute Gasteiger partial charge is 0.378 e. The second-order valence-corrected chi connectivity index (χ2v) is 5.34. The van der Waals surface area contributed by atoms with Crippen molar-refractivity contribution in [3.05, 3.63) is 29.8 Å². The second-order valence-electron chi connectivity index (χ2n) is 5.34. The molecule has 0 amide bonds. The third-order valence-corrected chi connectivity index (χ3v) is 2.81. The van der Waals surface area contributed by atoms with Gasteiger partial charge in [0.2, 0.25) is 0 Å². The molecule has 0 radical (unpaired) electrons. The maximum atomic E-state index is 3.45. The molecule has 102 valence electrons. The van der Waals surface area contributed by atoms with Gasteiger partial charge in [-0.25, -0.2) is 0 Å². The van der Waals surface area contributed by atoms with Gasteiger partial charge in [-0.1, -0.05) is 26.0 Å². The fraction of sp³-hybridized carbons (Fsp3) is 0.600. The van der Waals surface area contributed by atoms with Crippen LogP contribution in [0.1, 0.15) is 19.4 Å². The third kappa shape index (κ3) is 6.03. The van der Waals surface area contributed by atoms with Crippen molar-refractivity contribution < 1.29 is 0 Å². The highest BCUT2D eigenvalue weighted by Gasteiger charge is 1.96. The minimum absolute atomic E-state index is 0.726. The van der Waals surface area contributed by atoms with E-state index in [9.17, 15) is 0 Å². The zero-order chi connectivity index (χ0) is 13.4. The van der Waals surface area contributed by atoms with Crippen molar-refractivity contribution in [2.75, 3.05) is 38.6 Å². The van der Waals surface area contributed by atoms with Gasteiger partial charge >= 0.3 is 0 Å². The monoisotopic (exact) mass is 249 g/mol. The summed E-state index contributed by atoms with van der Waals surface area (Å²) in [4.78, 5) is 2.12. The van der Waals surface area contributed by atoms with Crippen LogP contribution in [0.15, 0.2) is 24.3 Å². The van der Waals surface area contributed by atoms with Crippen LogP contribution in [-0.2, 0) is 6.54 Å². The average Bonchev–Trinajstić information content (AvgIpc) is 2.34. The molecule has 0 heterocycles. The smallest absolute Gasteiger partial charge is 0.0361 e. The van der Waals surface area contributed by atoms with E-state index >= 15 is 0 Å². The van der Waals surface area contributed by atoms with Gasteiger partial charge in [-0.05, 0) is 30.2 Å². The van der Waals surface area contributed by atoms with E-state index in [1.165, 1.54) is 11.3 Å². The number of rotatable bonds is 8. The van der Waals surface area contributed by atoms with E-state index in [1.807, 2.05) is 0 Å². The summed E-state index contributed by atoms with van der Waals surface area (Å²) in [5.74, 6) is 0.726. The zero-order valence-electron chi connectivity index (χ0n) is 12.2. The maximum Gasteiger partial charge on any atom is 0.0361 e. The third-order valence-electron chi connectivity index (χ3n) is 2.81. The van der Waals surface area contributed by atoms with Crippen molar-refractivity contribution in [3.8, 4) is 0 Å². The van der Waals surface area contributed by atoms with Crippen LogP contribution in [0.3, 0.4) is 0 Å². The Morgan fingerprint density at radius 1 is 1.00 bits per heavy atom. The number of benzene rings is 1. The van der Waals surface area contributed by atoms with Crippen LogP contribution in [0, 0.1) is 5.92 Å². The number of hydrogen-bond acceptors (Lipinski definition) is 3. The van der Waals surface area contributed by atoms with Crippen LogP contribution >= 0.6 is 0 Å². The van der Waals surface area contributed by atoms with Crippen molar-refractivity contribution in [3.63, 3.8) is 0 Å². The normalized spacial score (nSPS) is 10.9. The highest BCUT2D eigenvalue weighted by Crippen LogP contribution is 2.11. The van der Waals surface area contributed by atoms with E-state index in [2.05, 4.69) is 67.7 Å². The second kappa shape index (κ2) is 8.11. The highest BCUT2D eigenvalue weighted by atomic mass is 15.1. The Morgan fingerprint density at radius 3 is 2.17 bits per heavy atom. The van der Waals surface area contributed by atoms with E-state index in [1.54, 1.807) is 0 Å². The Kier molecular flexibility index (Phi) is 6.76. The summed E-state index contributed by atoms with van der Waals surface area (Å²) in [6, 6.07) is 8.69. The van der Waals surface area contributed by atoms with Crippen molar-refractivity contribution in [1.82, 2.24) is 10.6 Å². The maximum absolute atomic E-state index is 3.45. The molecule has 0 aromatic heterocycles. The lowest BCUT2D eigenvalue weighted by Crippen LogP contribution is -2.29. The van der Waals surface area contributed by atoms with Crippen LogP contribution in [0.25, 0.3) is 0 Å². The van der Waals surface area contributed by atoms with E-state index < -0.39 is 0 Å². The molecule has 0 unspecified atom stereocenters. The summed E-state index contributed by atoms with van der Waals surface area (Å²) in [5.41, 5.74) is 2.59. The van der Waals surface area contributed by atoms with Crippen LogP contribution in [0.5, 0.6) is 0 Å². The van der Waals surface area contributed by atoms with Crippen molar-refractivity contribution in [1.29, 1.82) is 0 Å². The Morgan fingerprint density at radius 2 is 1.61 bits per heavy atom. The summed E-state index contributed by atoms with van der Waals surface area (Å²) in [6.07, 6.45) is 0. The number of hydrogen-bond donors (Lipinski definition) is 2. The van der Waals surface area contributed by atoms with E-state index in [0.29, 0.717) is 0 Å². The molecular formula is C15H27N3. The van der Waals surface area contributed by atoms with Gasteiger partial charge in [0.05, 0.1) is 0 Å². The molecule has 1 aromatic rings. The summed E-state index contributed by atoms with van der Waals surface area (Å²) in [7, 11) is 4.13. The summed E-state index contributed by atoms with van der Waals surface area (Å²) >= 11 is 0. The first kappa shape index (κ1) is 15.0. The Bertz CT molecular complexity index is 317. The lowest BCUT2D eigenvalue weighted by molar-refractivity contribution is 0.535. The molecule has 0 saturated heterocycles. The van der Waals surface area contributed by atoms with Crippen LogP contribution in [-0.4, -0.2) is 33.7 Å². The first-order chi connectivity index (χ1) is 8.59. The van der Waals surface area contributed by atoms with E-state index in [-0.39, 0.29) is 0 Å². The predicted octanol–water partition coefficient (Wildman–Crippen LogP) is 2.09. The summed E-state index contributed by atoms with van der Waals surface area (Å²) in [6.45, 7) is 8.55. The molecule has 1 aromatic carbocycles. The van der Waals surface area contributed by atoms with Gasteiger partial charge in [-0.2, -0.15) is 0 Å². The van der Waals surface area contributed by atoms with Gasteiger partial charge in [-0.3, -0.25) is 0 Å². The van der Waals surface area contributed by atoms with Crippen LogP contribution in [0.4, 0.5) is 5.69 Å². The van der Waals surface area contributed by atoms with Gasteiger partial charge in [0.25, 0.3) is 0 Å². The van der Waals surface area contributed by atoms with Gasteiger partial charge in [0.1, 0.15) is 0 Å². The Balaban J connectivity index is 2.15.